The molecule has 156 valence electrons. The lowest BCUT2D eigenvalue weighted by Gasteiger charge is -2.40. The lowest BCUT2D eigenvalue weighted by Crippen LogP contribution is -2.47. The van der Waals surface area contributed by atoms with Gasteiger partial charge in [-0.15, -0.1) is 0 Å². The van der Waals surface area contributed by atoms with Crippen molar-refractivity contribution in [1.29, 1.82) is 0 Å². The molecule has 0 spiro atoms. The molecule has 1 saturated carbocycles. The molecule has 4 heterocycles. The monoisotopic (exact) mass is 390 g/mol. The molecule has 0 radical (unpaired) electrons. The largest absolute Gasteiger partial charge is 0.462 e. The molecule has 6 heteroatoms. The van der Waals surface area contributed by atoms with Gasteiger partial charge in [0.1, 0.15) is 12.2 Å². The third-order valence-electron chi connectivity index (χ3n) is 8.56. The van der Waals surface area contributed by atoms with E-state index in [1.165, 1.54) is 25.7 Å². The van der Waals surface area contributed by atoms with Crippen molar-refractivity contribution in [3.05, 3.63) is 0 Å². The van der Waals surface area contributed by atoms with Crippen LogP contribution in [0.15, 0.2) is 0 Å². The van der Waals surface area contributed by atoms with Crippen LogP contribution in [0.1, 0.15) is 64.2 Å². The third-order valence-corrected chi connectivity index (χ3v) is 8.56. The Hall–Kier alpha value is -1.14. The number of esters is 2. The Balaban J connectivity index is 1.12. The minimum absolute atomic E-state index is 0.0305. The summed E-state index contributed by atoms with van der Waals surface area (Å²) in [5, 5.41) is 0. The average molecular weight is 391 g/mol. The van der Waals surface area contributed by atoms with Crippen molar-refractivity contribution in [2.24, 2.45) is 11.8 Å². The molecule has 6 atom stereocenters. The molecule has 5 fully saturated rings. The minimum atomic E-state index is -0.284. The van der Waals surface area contributed by atoms with Crippen LogP contribution in [0.2, 0.25) is 0 Å². The van der Waals surface area contributed by atoms with E-state index in [1.807, 2.05) is 0 Å². The quantitative estimate of drug-likeness (QED) is 0.687. The first kappa shape index (κ1) is 18.9. The minimum Gasteiger partial charge on any atom is -0.462 e. The van der Waals surface area contributed by atoms with Gasteiger partial charge in [-0.05, 0) is 78.3 Å². The topological polar surface area (TPSA) is 59.1 Å². The van der Waals surface area contributed by atoms with Crippen molar-refractivity contribution in [2.45, 2.75) is 101 Å². The zero-order chi connectivity index (χ0) is 19.4. The number of piperidine rings is 2. The van der Waals surface area contributed by atoms with Crippen LogP contribution in [0.3, 0.4) is 0 Å². The molecule has 0 aromatic heterocycles. The lowest BCUT2D eigenvalue weighted by atomic mass is 9.73. The number of fused-ring (bicyclic) bond motifs is 4. The maximum Gasteiger partial charge on any atom is 0.310 e. The van der Waals surface area contributed by atoms with Crippen molar-refractivity contribution in [3.8, 4) is 0 Å². The van der Waals surface area contributed by atoms with Gasteiger partial charge in [0.25, 0.3) is 0 Å². The summed E-state index contributed by atoms with van der Waals surface area (Å²) in [6, 6.07) is 2.22. The zero-order valence-corrected chi connectivity index (χ0v) is 17.2. The van der Waals surface area contributed by atoms with Gasteiger partial charge in [0.2, 0.25) is 0 Å². The SMILES string of the molecule is CN1C2CCC1CC(OC(=O)C1CCC1C(=O)OC1CC3CCC(C1)N3C)C2. The van der Waals surface area contributed by atoms with Gasteiger partial charge in [-0.1, -0.05) is 0 Å². The van der Waals surface area contributed by atoms with Crippen molar-refractivity contribution >= 4 is 11.9 Å². The molecule has 0 aromatic carbocycles. The normalized spacial score (nSPS) is 45.5. The Labute approximate surface area is 167 Å². The molecule has 5 aliphatic rings. The molecule has 1 aliphatic carbocycles. The highest BCUT2D eigenvalue weighted by molar-refractivity contribution is 5.84. The number of nitrogens with zero attached hydrogens (tertiary/aromatic N) is 2. The highest BCUT2D eigenvalue weighted by Gasteiger charge is 2.47. The highest BCUT2D eigenvalue weighted by Crippen LogP contribution is 2.41. The number of rotatable bonds is 4. The van der Waals surface area contributed by atoms with Crippen LogP contribution >= 0.6 is 0 Å². The standard InChI is InChI=1S/C22H34N2O4/c1-23-13-3-4-14(23)10-17(9-13)27-21(25)19-7-8-20(19)22(26)28-18-11-15-5-6-16(12-18)24(15)2/h13-20H,3-12H2,1-2H3. The molecular formula is C22H34N2O4. The van der Waals surface area contributed by atoms with Gasteiger partial charge in [0.05, 0.1) is 11.8 Å². The van der Waals surface area contributed by atoms with Crippen LogP contribution in [0.4, 0.5) is 0 Å². The number of hydrogen-bond donors (Lipinski definition) is 0. The Kier molecular flexibility index (Phi) is 4.90. The molecule has 4 aliphatic heterocycles. The molecule has 6 nitrogen and oxygen atoms in total. The second kappa shape index (κ2) is 7.28. The van der Waals surface area contributed by atoms with E-state index in [0.717, 1.165) is 38.5 Å². The number of carbonyl (C=O) groups is 2. The summed E-state index contributed by atoms with van der Waals surface area (Å²) >= 11 is 0. The molecule has 0 aromatic rings. The number of hydrogen-bond acceptors (Lipinski definition) is 6. The molecule has 6 unspecified atom stereocenters. The number of carbonyl (C=O) groups excluding carboxylic acids is 2. The Morgan fingerprint density at radius 2 is 0.929 bits per heavy atom. The first-order valence-corrected chi connectivity index (χ1v) is 11.3. The summed E-state index contributed by atoms with van der Waals surface area (Å²) in [6.07, 6.45) is 10.2. The smallest absolute Gasteiger partial charge is 0.310 e. The van der Waals surface area contributed by atoms with Gasteiger partial charge >= 0.3 is 11.9 Å². The second-order valence-electron chi connectivity index (χ2n) is 9.95. The van der Waals surface area contributed by atoms with Crippen LogP contribution in [-0.2, 0) is 19.1 Å². The van der Waals surface area contributed by atoms with Gasteiger partial charge in [-0.25, -0.2) is 0 Å². The second-order valence-corrected chi connectivity index (χ2v) is 9.95. The summed E-state index contributed by atoms with van der Waals surface area (Å²) in [4.78, 5) is 30.3. The Morgan fingerprint density at radius 3 is 1.21 bits per heavy atom. The third kappa shape index (κ3) is 3.26. The van der Waals surface area contributed by atoms with Gasteiger partial charge in [-0.3, -0.25) is 9.59 Å². The molecule has 4 bridgehead atoms. The van der Waals surface area contributed by atoms with Crippen molar-refractivity contribution in [1.82, 2.24) is 9.80 Å². The van der Waals surface area contributed by atoms with E-state index < -0.39 is 0 Å². The predicted molar refractivity (Wildman–Crippen MR) is 104 cm³/mol. The summed E-state index contributed by atoms with van der Waals surface area (Å²) < 4.78 is 11.7. The average Bonchev–Trinajstić information content (AvgIpc) is 2.95. The highest BCUT2D eigenvalue weighted by atomic mass is 16.6. The number of ether oxygens (including phenoxy) is 2. The lowest BCUT2D eigenvalue weighted by molar-refractivity contribution is -0.176. The predicted octanol–water partition coefficient (Wildman–Crippen LogP) is 2.35. The van der Waals surface area contributed by atoms with Crippen molar-refractivity contribution in [2.75, 3.05) is 14.1 Å². The van der Waals surface area contributed by atoms with E-state index >= 15 is 0 Å². The van der Waals surface area contributed by atoms with E-state index in [2.05, 4.69) is 23.9 Å². The van der Waals surface area contributed by atoms with E-state index in [9.17, 15) is 9.59 Å². The van der Waals surface area contributed by atoms with E-state index in [1.54, 1.807) is 0 Å². The molecule has 0 amide bonds. The molecule has 5 rings (SSSR count). The first-order chi connectivity index (χ1) is 13.5. The van der Waals surface area contributed by atoms with Gasteiger partial charge in [0.15, 0.2) is 0 Å². The molecule has 28 heavy (non-hydrogen) atoms. The van der Waals surface area contributed by atoms with Crippen LogP contribution in [0.25, 0.3) is 0 Å². The fraction of sp³-hybridized carbons (Fsp3) is 0.909. The maximum absolute atomic E-state index is 12.7. The fourth-order valence-corrected chi connectivity index (χ4v) is 6.48. The van der Waals surface area contributed by atoms with Crippen LogP contribution in [-0.4, -0.2) is 72.2 Å². The van der Waals surface area contributed by atoms with Crippen LogP contribution in [0.5, 0.6) is 0 Å². The summed E-state index contributed by atoms with van der Waals surface area (Å²) in [6.45, 7) is 0. The maximum atomic E-state index is 12.7. The van der Waals surface area contributed by atoms with Gasteiger partial charge < -0.3 is 19.3 Å². The molecule has 0 N–H and O–H groups in total. The molecular weight excluding hydrogens is 356 g/mol. The van der Waals surface area contributed by atoms with Gasteiger partial charge in [0, 0.05) is 24.2 Å². The van der Waals surface area contributed by atoms with E-state index in [0.29, 0.717) is 24.2 Å². The zero-order valence-electron chi connectivity index (χ0n) is 17.2. The fourth-order valence-electron chi connectivity index (χ4n) is 6.48. The van der Waals surface area contributed by atoms with Crippen LogP contribution < -0.4 is 0 Å². The van der Waals surface area contributed by atoms with Gasteiger partial charge in [-0.2, -0.15) is 0 Å². The Morgan fingerprint density at radius 1 is 0.607 bits per heavy atom. The van der Waals surface area contributed by atoms with E-state index in [4.69, 9.17) is 9.47 Å². The van der Waals surface area contributed by atoms with E-state index in [-0.39, 0.29) is 36.0 Å². The first-order valence-electron chi connectivity index (χ1n) is 11.3. The summed E-state index contributed by atoms with van der Waals surface area (Å²) in [5.74, 6) is -0.892. The molecule has 4 saturated heterocycles. The Bertz CT molecular complexity index is 558. The van der Waals surface area contributed by atoms with Crippen LogP contribution in [0, 0.1) is 11.8 Å². The summed E-state index contributed by atoms with van der Waals surface area (Å²) in [5.41, 5.74) is 0. The summed E-state index contributed by atoms with van der Waals surface area (Å²) in [7, 11) is 4.38. The van der Waals surface area contributed by atoms with Crippen molar-refractivity contribution < 1.29 is 19.1 Å². The van der Waals surface area contributed by atoms with Crippen molar-refractivity contribution in [3.63, 3.8) is 0 Å².